The van der Waals surface area contributed by atoms with Gasteiger partial charge in [-0.2, -0.15) is 8.78 Å². The summed E-state index contributed by atoms with van der Waals surface area (Å²) < 4.78 is 69.8. The number of carbonyl (C=O) groups excluding carboxylic acids is 1. The Kier molecular flexibility index (Phi) is 5.08. The van der Waals surface area contributed by atoms with Gasteiger partial charge in [-0.25, -0.2) is 13.2 Å². The molecular weight excluding hydrogens is 345 g/mol. The van der Waals surface area contributed by atoms with Crippen LogP contribution in [0.15, 0.2) is 0 Å². The molecule has 0 saturated carbocycles. The van der Waals surface area contributed by atoms with E-state index < -0.39 is 47.3 Å². The lowest BCUT2D eigenvalue weighted by atomic mass is 10.2. The van der Waals surface area contributed by atoms with Gasteiger partial charge < -0.3 is 4.74 Å². The van der Waals surface area contributed by atoms with Gasteiger partial charge in [-0.1, -0.05) is 18.3 Å². The molecule has 1 amide bonds. The second-order valence-corrected chi connectivity index (χ2v) is 5.15. The summed E-state index contributed by atoms with van der Waals surface area (Å²) in [5.41, 5.74) is 0. The number of nitrogens with zero attached hydrogens (tertiary/aromatic N) is 2. The highest BCUT2D eigenvalue weighted by Gasteiger charge is 2.27. The first-order valence-electron chi connectivity index (χ1n) is 6.11. The number of nitrogens with one attached hydrogen (secondary N) is 1. The van der Waals surface area contributed by atoms with Crippen LogP contribution in [0.3, 0.4) is 0 Å². The summed E-state index contributed by atoms with van der Waals surface area (Å²) in [4.78, 5) is 11.5. The average Bonchev–Trinajstić information content (AvgIpc) is 2.98. The number of aryl methyl sites for hydroxylation is 1. The van der Waals surface area contributed by atoms with Gasteiger partial charge in [0.1, 0.15) is 5.01 Å². The summed E-state index contributed by atoms with van der Waals surface area (Å²) in [5.74, 6) is -13.3. The normalized spacial score (nSPS) is 10.7. The molecule has 2 rings (SSSR count). The van der Waals surface area contributed by atoms with Crippen LogP contribution in [0.25, 0.3) is 0 Å². The minimum Gasteiger partial charge on any atom is -0.477 e. The molecule has 0 fully saturated rings. The quantitative estimate of drug-likeness (QED) is 0.510. The molecule has 0 aliphatic heterocycles. The van der Waals surface area contributed by atoms with Crippen LogP contribution in [-0.4, -0.2) is 22.7 Å². The molecule has 5 nitrogen and oxygen atoms in total. The number of anilines is 1. The molecule has 2 aromatic rings. The number of ether oxygens (including phenoxy) is 1. The van der Waals surface area contributed by atoms with Crippen molar-refractivity contribution in [2.45, 2.75) is 13.3 Å². The highest BCUT2D eigenvalue weighted by molar-refractivity contribution is 7.15. The smallest absolute Gasteiger partial charge is 0.264 e. The zero-order chi connectivity index (χ0) is 17.1. The Morgan fingerprint density at radius 1 is 1.04 bits per heavy atom. The van der Waals surface area contributed by atoms with E-state index in [1.54, 1.807) is 0 Å². The molecule has 0 atom stereocenters. The summed E-state index contributed by atoms with van der Waals surface area (Å²) in [6.07, 6.45) is 0.592. The Morgan fingerprint density at radius 3 is 2.13 bits per heavy atom. The molecule has 0 unspecified atom stereocenters. The van der Waals surface area contributed by atoms with Crippen molar-refractivity contribution in [3.63, 3.8) is 0 Å². The first-order valence-corrected chi connectivity index (χ1v) is 6.93. The Hall–Kier alpha value is -2.30. The number of benzene rings is 1. The largest absolute Gasteiger partial charge is 0.477 e. The number of hydrogen-bond acceptors (Lipinski definition) is 5. The maximum absolute atomic E-state index is 13.3. The topological polar surface area (TPSA) is 64.1 Å². The Morgan fingerprint density at radius 2 is 1.61 bits per heavy atom. The van der Waals surface area contributed by atoms with Gasteiger partial charge in [0.05, 0.1) is 0 Å². The van der Waals surface area contributed by atoms with E-state index in [4.69, 9.17) is 0 Å². The zero-order valence-electron chi connectivity index (χ0n) is 11.4. The standard InChI is InChI=1S/C12H8F5N3O2S/c1-2-5-19-20-12(23-5)18-4(21)3-22-11-9(16)7(14)6(13)8(15)10(11)17/h2-3H2,1H3,(H,18,20,21). The Balaban J connectivity index is 2.07. The van der Waals surface area contributed by atoms with Crippen LogP contribution in [0.4, 0.5) is 27.1 Å². The fraction of sp³-hybridized carbons (Fsp3) is 0.250. The lowest BCUT2D eigenvalue weighted by molar-refractivity contribution is -0.118. The minimum atomic E-state index is -2.31. The van der Waals surface area contributed by atoms with Gasteiger partial charge in [0.2, 0.25) is 34.2 Å². The number of aromatic nitrogens is 2. The van der Waals surface area contributed by atoms with Gasteiger partial charge >= 0.3 is 0 Å². The van der Waals surface area contributed by atoms with Crippen LogP contribution in [0.5, 0.6) is 5.75 Å². The monoisotopic (exact) mass is 353 g/mol. The van der Waals surface area contributed by atoms with E-state index in [0.717, 1.165) is 11.3 Å². The molecule has 1 N–H and O–H groups in total. The van der Waals surface area contributed by atoms with Crippen LogP contribution in [0.2, 0.25) is 0 Å². The van der Waals surface area contributed by atoms with Crippen LogP contribution < -0.4 is 10.1 Å². The number of carbonyl (C=O) groups is 1. The van der Waals surface area contributed by atoms with Crippen molar-refractivity contribution in [2.75, 3.05) is 11.9 Å². The molecule has 1 heterocycles. The summed E-state index contributed by atoms with van der Waals surface area (Å²) in [7, 11) is 0. The fourth-order valence-electron chi connectivity index (χ4n) is 1.45. The third-order valence-corrected chi connectivity index (χ3v) is 3.52. The van der Waals surface area contributed by atoms with E-state index in [0.29, 0.717) is 11.4 Å². The summed E-state index contributed by atoms with van der Waals surface area (Å²) in [5, 5.41) is 10.3. The summed E-state index contributed by atoms with van der Waals surface area (Å²) in [6, 6.07) is 0. The first-order chi connectivity index (χ1) is 10.8. The second-order valence-electron chi connectivity index (χ2n) is 4.09. The van der Waals surface area contributed by atoms with Crippen molar-refractivity contribution >= 4 is 22.4 Å². The SMILES string of the molecule is CCc1nnc(NC(=O)COc2c(F)c(F)c(F)c(F)c2F)s1. The van der Waals surface area contributed by atoms with Crippen LogP contribution in [0, 0.1) is 29.1 Å². The van der Waals surface area contributed by atoms with Crippen molar-refractivity contribution in [2.24, 2.45) is 0 Å². The Labute approximate surface area is 130 Å². The van der Waals surface area contributed by atoms with Crippen molar-refractivity contribution < 1.29 is 31.5 Å². The van der Waals surface area contributed by atoms with E-state index >= 15 is 0 Å². The van der Waals surface area contributed by atoms with E-state index in [1.165, 1.54) is 0 Å². The molecule has 23 heavy (non-hydrogen) atoms. The highest BCUT2D eigenvalue weighted by Crippen LogP contribution is 2.29. The van der Waals surface area contributed by atoms with Crippen LogP contribution >= 0.6 is 11.3 Å². The van der Waals surface area contributed by atoms with E-state index in [9.17, 15) is 26.7 Å². The van der Waals surface area contributed by atoms with Gasteiger partial charge in [-0.3, -0.25) is 10.1 Å². The molecule has 0 radical (unpaired) electrons. The van der Waals surface area contributed by atoms with Crippen LogP contribution in [-0.2, 0) is 11.2 Å². The predicted molar refractivity (Wildman–Crippen MR) is 69.6 cm³/mol. The second kappa shape index (κ2) is 6.86. The van der Waals surface area contributed by atoms with Crippen molar-refractivity contribution in [3.05, 3.63) is 34.1 Å². The van der Waals surface area contributed by atoms with Gasteiger partial charge in [0.25, 0.3) is 5.91 Å². The lowest BCUT2D eigenvalue weighted by Crippen LogP contribution is -2.21. The molecule has 124 valence electrons. The van der Waals surface area contributed by atoms with Crippen molar-refractivity contribution in [1.82, 2.24) is 10.2 Å². The molecule has 0 spiro atoms. The number of rotatable bonds is 5. The first kappa shape index (κ1) is 17.1. The predicted octanol–water partition coefficient (Wildman–Crippen LogP) is 2.81. The number of halogens is 5. The molecule has 0 aliphatic rings. The zero-order valence-corrected chi connectivity index (χ0v) is 12.2. The van der Waals surface area contributed by atoms with Gasteiger partial charge in [-0.15, -0.1) is 10.2 Å². The molecule has 0 saturated heterocycles. The van der Waals surface area contributed by atoms with E-state index in [-0.39, 0.29) is 5.13 Å². The number of amides is 1. The maximum atomic E-state index is 13.3. The van der Waals surface area contributed by atoms with E-state index in [1.807, 2.05) is 6.92 Å². The lowest BCUT2D eigenvalue weighted by Gasteiger charge is -2.09. The molecule has 11 heteroatoms. The third-order valence-electron chi connectivity index (χ3n) is 2.53. The molecule has 1 aromatic carbocycles. The molecular formula is C12H8F5N3O2S. The Bertz CT molecular complexity index is 724. The highest BCUT2D eigenvalue weighted by atomic mass is 32.1. The third kappa shape index (κ3) is 3.55. The average molecular weight is 353 g/mol. The molecule has 0 bridgehead atoms. The maximum Gasteiger partial charge on any atom is 0.264 e. The fourth-order valence-corrected chi connectivity index (χ4v) is 2.15. The summed E-state index contributed by atoms with van der Waals surface area (Å²) in [6.45, 7) is 0.845. The van der Waals surface area contributed by atoms with Gasteiger partial charge in [0, 0.05) is 0 Å². The van der Waals surface area contributed by atoms with Crippen LogP contribution in [0.1, 0.15) is 11.9 Å². The van der Waals surface area contributed by atoms with Gasteiger partial charge in [0.15, 0.2) is 12.4 Å². The van der Waals surface area contributed by atoms with Crippen molar-refractivity contribution in [3.8, 4) is 5.75 Å². The summed E-state index contributed by atoms with van der Waals surface area (Å²) >= 11 is 1.07. The number of hydrogen-bond donors (Lipinski definition) is 1. The van der Waals surface area contributed by atoms with E-state index in [2.05, 4.69) is 20.3 Å². The minimum absolute atomic E-state index is 0.118. The molecule has 0 aliphatic carbocycles. The van der Waals surface area contributed by atoms with Gasteiger partial charge in [-0.05, 0) is 6.42 Å². The van der Waals surface area contributed by atoms with Crippen molar-refractivity contribution in [1.29, 1.82) is 0 Å². The molecule has 1 aromatic heterocycles.